The molecule has 0 aliphatic carbocycles. The lowest BCUT2D eigenvalue weighted by atomic mass is 9.94. The molecular weight excluding hydrogens is 176 g/mol. The number of ether oxygens (including phenoxy) is 1. The first kappa shape index (κ1) is 11.1. The maximum absolute atomic E-state index is 9.86. The third kappa shape index (κ3) is 2.07. The zero-order valence-corrected chi connectivity index (χ0v) is 9.51. The summed E-state index contributed by atoms with van der Waals surface area (Å²) in [5.74, 6) is 0.901. The minimum atomic E-state index is -0.790. The topological polar surface area (TPSA) is 29.5 Å². The Balaban J connectivity index is 3.28. The number of hydrogen-bond acceptors (Lipinski definition) is 2. The molecule has 0 aliphatic heterocycles. The summed E-state index contributed by atoms with van der Waals surface area (Å²) in [6.07, 6.45) is 0. The number of methoxy groups -OCH3 is 1. The standard InChI is InChI=1S/C12H18O2/c1-8-6-10(12(3,4)13)7-9(2)11(8)14-5/h6-7,13H,1-5H3. The first-order valence-electron chi connectivity index (χ1n) is 4.74. The monoisotopic (exact) mass is 194 g/mol. The summed E-state index contributed by atoms with van der Waals surface area (Å²) in [5.41, 5.74) is 2.25. The molecule has 0 saturated heterocycles. The Hall–Kier alpha value is -1.02. The van der Waals surface area contributed by atoms with Gasteiger partial charge in [-0.05, 0) is 56.5 Å². The van der Waals surface area contributed by atoms with Gasteiger partial charge in [0.25, 0.3) is 0 Å². The predicted octanol–water partition coefficient (Wildman–Crippen LogP) is 2.54. The lowest BCUT2D eigenvalue weighted by molar-refractivity contribution is 0.0784. The van der Waals surface area contributed by atoms with Crippen molar-refractivity contribution in [2.45, 2.75) is 33.3 Å². The summed E-state index contributed by atoms with van der Waals surface area (Å²) >= 11 is 0. The molecule has 0 aromatic heterocycles. The van der Waals surface area contributed by atoms with Gasteiger partial charge in [-0.15, -0.1) is 0 Å². The van der Waals surface area contributed by atoms with E-state index in [-0.39, 0.29) is 0 Å². The van der Waals surface area contributed by atoms with Gasteiger partial charge in [0.1, 0.15) is 5.75 Å². The molecule has 0 heterocycles. The smallest absolute Gasteiger partial charge is 0.124 e. The second-order valence-electron chi connectivity index (χ2n) is 4.20. The third-order valence-corrected chi connectivity index (χ3v) is 2.37. The van der Waals surface area contributed by atoms with Gasteiger partial charge in [-0.25, -0.2) is 0 Å². The van der Waals surface area contributed by atoms with E-state index in [0.29, 0.717) is 0 Å². The number of benzene rings is 1. The van der Waals surface area contributed by atoms with E-state index < -0.39 is 5.60 Å². The highest BCUT2D eigenvalue weighted by Gasteiger charge is 2.18. The van der Waals surface area contributed by atoms with E-state index in [9.17, 15) is 5.11 Å². The third-order valence-electron chi connectivity index (χ3n) is 2.37. The Bertz CT molecular complexity index is 312. The molecule has 1 aromatic carbocycles. The lowest BCUT2D eigenvalue weighted by Gasteiger charge is -2.20. The van der Waals surface area contributed by atoms with Crippen LogP contribution in [0.25, 0.3) is 0 Å². The second kappa shape index (κ2) is 3.62. The first-order valence-corrected chi connectivity index (χ1v) is 4.74. The van der Waals surface area contributed by atoms with Gasteiger partial charge in [-0.3, -0.25) is 0 Å². The molecule has 2 heteroatoms. The summed E-state index contributed by atoms with van der Waals surface area (Å²) in [4.78, 5) is 0. The Labute approximate surface area is 85.5 Å². The fourth-order valence-corrected chi connectivity index (χ4v) is 1.63. The van der Waals surface area contributed by atoms with Crippen molar-refractivity contribution >= 4 is 0 Å². The lowest BCUT2D eigenvalue weighted by Crippen LogP contribution is -2.16. The number of aryl methyl sites for hydroxylation is 2. The van der Waals surface area contributed by atoms with Crippen molar-refractivity contribution in [1.82, 2.24) is 0 Å². The molecule has 0 fully saturated rings. The summed E-state index contributed by atoms with van der Waals surface area (Å²) < 4.78 is 5.26. The van der Waals surface area contributed by atoms with E-state index >= 15 is 0 Å². The van der Waals surface area contributed by atoms with Gasteiger partial charge in [0.05, 0.1) is 12.7 Å². The minimum absolute atomic E-state index is 0.790. The Morgan fingerprint density at radius 3 is 1.86 bits per heavy atom. The molecule has 0 radical (unpaired) electrons. The molecule has 1 N–H and O–H groups in total. The number of aliphatic hydroxyl groups is 1. The Kier molecular flexibility index (Phi) is 2.86. The molecule has 78 valence electrons. The summed E-state index contributed by atoms with van der Waals surface area (Å²) in [6.45, 7) is 7.55. The zero-order valence-electron chi connectivity index (χ0n) is 9.51. The number of rotatable bonds is 2. The second-order valence-corrected chi connectivity index (χ2v) is 4.20. The molecular formula is C12H18O2. The van der Waals surface area contributed by atoms with Crippen molar-refractivity contribution in [2.24, 2.45) is 0 Å². The predicted molar refractivity (Wildman–Crippen MR) is 57.7 cm³/mol. The van der Waals surface area contributed by atoms with Crippen LogP contribution in [0, 0.1) is 13.8 Å². The van der Waals surface area contributed by atoms with Crippen LogP contribution in [0.2, 0.25) is 0 Å². The quantitative estimate of drug-likeness (QED) is 0.784. The van der Waals surface area contributed by atoms with Gasteiger partial charge in [-0.2, -0.15) is 0 Å². The number of hydrogen-bond donors (Lipinski definition) is 1. The highest BCUT2D eigenvalue weighted by molar-refractivity contribution is 5.44. The summed E-state index contributed by atoms with van der Waals surface area (Å²) in [5, 5.41) is 9.86. The van der Waals surface area contributed by atoms with Gasteiger partial charge in [0.15, 0.2) is 0 Å². The average molecular weight is 194 g/mol. The van der Waals surface area contributed by atoms with E-state index in [0.717, 1.165) is 22.4 Å². The fraction of sp³-hybridized carbons (Fsp3) is 0.500. The molecule has 2 nitrogen and oxygen atoms in total. The van der Waals surface area contributed by atoms with Crippen LogP contribution in [0.3, 0.4) is 0 Å². The van der Waals surface area contributed by atoms with Crippen LogP contribution < -0.4 is 4.74 Å². The van der Waals surface area contributed by atoms with Crippen LogP contribution >= 0.6 is 0 Å². The molecule has 0 amide bonds. The van der Waals surface area contributed by atoms with Crippen LogP contribution in [0.1, 0.15) is 30.5 Å². The first-order chi connectivity index (χ1) is 6.36. The van der Waals surface area contributed by atoms with Gasteiger partial charge >= 0.3 is 0 Å². The molecule has 0 unspecified atom stereocenters. The molecule has 14 heavy (non-hydrogen) atoms. The molecule has 0 spiro atoms. The van der Waals surface area contributed by atoms with E-state index in [1.165, 1.54) is 0 Å². The van der Waals surface area contributed by atoms with Crippen LogP contribution in [0.15, 0.2) is 12.1 Å². The van der Waals surface area contributed by atoms with E-state index in [1.807, 2.05) is 26.0 Å². The van der Waals surface area contributed by atoms with Gasteiger partial charge in [-0.1, -0.05) is 0 Å². The maximum atomic E-state index is 9.86. The largest absolute Gasteiger partial charge is 0.496 e. The fourth-order valence-electron chi connectivity index (χ4n) is 1.63. The molecule has 1 rings (SSSR count). The van der Waals surface area contributed by atoms with E-state index in [4.69, 9.17) is 4.74 Å². The van der Waals surface area contributed by atoms with Crippen LogP contribution in [-0.2, 0) is 5.60 Å². The normalized spacial score (nSPS) is 11.6. The Morgan fingerprint density at radius 1 is 1.14 bits per heavy atom. The highest BCUT2D eigenvalue weighted by Crippen LogP contribution is 2.29. The van der Waals surface area contributed by atoms with Gasteiger partial charge in [0.2, 0.25) is 0 Å². The summed E-state index contributed by atoms with van der Waals surface area (Å²) in [7, 11) is 1.67. The van der Waals surface area contributed by atoms with Crippen LogP contribution in [0.4, 0.5) is 0 Å². The average Bonchev–Trinajstić information content (AvgIpc) is 2.01. The molecule has 1 aromatic rings. The van der Waals surface area contributed by atoms with Crippen LogP contribution in [0.5, 0.6) is 5.75 Å². The Morgan fingerprint density at radius 2 is 1.57 bits per heavy atom. The van der Waals surface area contributed by atoms with Crippen molar-refractivity contribution in [2.75, 3.05) is 7.11 Å². The van der Waals surface area contributed by atoms with Gasteiger partial charge in [0, 0.05) is 0 Å². The van der Waals surface area contributed by atoms with E-state index in [2.05, 4.69) is 0 Å². The van der Waals surface area contributed by atoms with Crippen molar-refractivity contribution in [3.8, 4) is 5.75 Å². The van der Waals surface area contributed by atoms with Crippen molar-refractivity contribution in [3.05, 3.63) is 28.8 Å². The van der Waals surface area contributed by atoms with Crippen LogP contribution in [-0.4, -0.2) is 12.2 Å². The zero-order chi connectivity index (χ0) is 10.9. The maximum Gasteiger partial charge on any atom is 0.124 e. The molecule has 0 bridgehead atoms. The molecule has 0 atom stereocenters. The molecule has 0 saturated carbocycles. The van der Waals surface area contributed by atoms with Gasteiger partial charge < -0.3 is 9.84 Å². The van der Waals surface area contributed by atoms with E-state index in [1.54, 1.807) is 21.0 Å². The molecule has 0 aliphatic rings. The SMILES string of the molecule is COc1c(C)cc(C(C)(C)O)cc1C. The van der Waals surface area contributed by atoms with Crippen molar-refractivity contribution < 1.29 is 9.84 Å². The highest BCUT2D eigenvalue weighted by atomic mass is 16.5. The minimum Gasteiger partial charge on any atom is -0.496 e. The van der Waals surface area contributed by atoms with Crippen molar-refractivity contribution in [3.63, 3.8) is 0 Å². The van der Waals surface area contributed by atoms with Crippen molar-refractivity contribution in [1.29, 1.82) is 0 Å². The summed E-state index contributed by atoms with van der Waals surface area (Å²) in [6, 6.07) is 3.93.